The lowest BCUT2D eigenvalue weighted by Gasteiger charge is -2.24. The van der Waals surface area contributed by atoms with Gasteiger partial charge in [-0.15, -0.1) is 11.8 Å². The molecule has 1 aliphatic rings. The molecule has 1 aromatic rings. The lowest BCUT2D eigenvalue weighted by Crippen LogP contribution is -2.35. The summed E-state index contributed by atoms with van der Waals surface area (Å²) in [7, 11) is 0. The molecule has 21 heavy (non-hydrogen) atoms. The third-order valence-electron chi connectivity index (χ3n) is 2.98. The molecule has 1 heterocycles. The monoisotopic (exact) mass is 325 g/mol. The molecule has 2 rings (SSSR count). The van der Waals surface area contributed by atoms with Crippen molar-refractivity contribution >= 4 is 29.5 Å². The topological polar surface area (TPSA) is 29.5 Å². The molecular formula is C16H20ClNO2S. The number of likely N-dealkylation sites (tertiary alicyclic amines) is 1. The van der Waals surface area contributed by atoms with Crippen LogP contribution in [0.4, 0.5) is 4.79 Å². The second-order valence-corrected chi connectivity index (χ2v) is 7.79. The average Bonchev–Trinajstić information content (AvgIpc) is 2.72. The quantitative estimate of drug-likeness (QED) is 0.744. The van der Waals surface area contributed by atoms with E-state index in [1.54, 1.807) is 16.7 Å². The zero-order chi connectivity index (χ0) is 15.6. The van der Waals surface area contributed by atoms with E-state index < -0.39 is 5.60 Å². The number of carbonyl (C=O) groups is 1. The predicted octanol–water partition coefficient (Wildman–Crippen LogP) is 4.61. The maximum absolute atomic E-state index is 12.1. The molecule has 1 aromatic carbocycles. The van der Waals surface area contributed by atoms with Crippen molar-refractivity contribution in [2.75, 3.05) is 13.1 Å². The summed E-state index contributed by atoms with van der Waals surface area (Å²) in [5, 5.41) is 0.915. The fourth-order valence-electron chi connectivity index (χ4n) is 2.00. The molecule has 1 fully saturated rings. The minimum Gasteiger partial charge on any atom is -0.444 e. The van der Waals surface area contributed by atoms with Gasteiger partial charge in [0.2, 0.25) is 0 Å². The molecule has 0 spiro atoms. The largest absolute Gasteiger partial charge is 0.444 e. The van der Waals surface area contributed by atoms with E-state index in [9.17, 15) is 4.79 Å². The zero-order valence-corrected chi connectivity index (χ0v) is 14.1. The second kappa shape index (κ2) is 6.32. The van der Waals surface area contributed by atoms with Crippen molar-refractivity contribution in [3.05, 3.63) is 41.4 Å². The fraction of sp³-hybridized carbons (Fsp3) is 0.438. The van der Waals surface area contributed by atoms with E-state index in [0.717, 1.165) is 15.5 Å². The fourth-order valence-corrected chi connectivity index (χ4v) is 3.25. The molecule has 1 aliphatic heterocycles. The van der Waals surface area contributed by atoms with Crippen LogP contribution in [0.3, 0.4) is 0 Å². The summed E-state index contributed by atoms with van der Waals surface area (Å²) in [4.78, 5) is 14.9. The first-order chi connectivity index (χ1) is 9.74. The summed E-state index contributed by atoms with van der Waals surface area (Å²) < 4.78 is 5.40. The van der Waals surface area contributed by atoms with Crippen LogP contribution in [0.15, 0.2) is 41.3 Å². The van der Waals surface area contributed by atoms with Gasteiger partial charge in [0.1, 0.15) is 5.60 Å². The van der Waals surface area contributed by atoms with E-state index in [4.69, 9.17) is 16.3 Å². The van der Waals surface area contributed by atoms with Gasteiger partial charge < -0.3 is 9.64 Å². The Morgan fingerprint density at radius 1 is 1.38 bits per heavy atom. The van der Waals surface area contributed by atoms with Gasteiger partial charge >= 0.3 is 6.09 Å². The number of hydrogen-bond acceptors (Lipinski definition) is 3. The molecule has 3 nitrogen and oxygen atoms in total. The van der Waals surface area contributed by atoms with Gasteiger partial charge in [-0.25, -0.2) is 4.79 Å². The molecule has 0 aliphatic carbocycles. The number of thioether (sulfide) groups is 1. The van der Waals surface area contributed by atoms with Crippen LogP contribution < -0.4 is 0 Å². The van der Waals surface area contributed by atoms with E-state index >= 15 is 0 Å². The maximum Gasteiger partial charge on any atom is 0.410 e. The smallest absolute Gasteiger partial charge is 0.410 e. The first-order valence-corrected chi connectivity index (χ1v) is 8.08. The molecule has 0 N–H and O–H groups in total. The molecule has 0 bridgehead atoms. The highest BCUT2D eigenvalue weighted by atomic mass is 35.5. The maximum atomic E-state index is 12.1. The van der Waals surface area contributed by atoms with E-state index in [-0.39, 0.29) is 11.3 Å². The first kappa shape index (κ1) is 16.2. The van der Waals surface area contributed by atoms with Crippen molar-refractivity contribution < 1.29 is 9.53 Å². The van der Waals surface area contributed by atoms with Crippen molar-refractivity contribution in [2.24, 2.45) is 0 Å². The van der Waals surface area contributed by atoms with Gasteiger partial charge in [0, 0.05) is 28.3 Å². The number of carbonyl (C=O) groups excluding carboxylic acids is 1. The third kappa shape index (κ3) is 4.68. The highest BCUT2D eigenvalue weighted by Crippen LogP contribution is 2.33. The summed E-state index contributed by atoms with van der Waals surface area (Å²) in [5.41, 5.74) is 0.570. The third-order valence-corrected chi connectivity index (χ3v) is 4.54. The Kier molecular flexibility index (Phi) is 4.89. The number of rotatable bonds is 2. The lowest BCUT2D eigenvalue weighted by molar-refractivity contribution is 0.0300. The van der Waals surface area contributed by atoms with E-state index in [1.165, 1.54) is 0 Å². The van der Waals surface area contributed by atoms with Gasteiger partial charge in [-0.05, 0) is 50.6 Å². The molecule has 0 saturated carbocycles. The van der Waals surface area contributed by atoms with Crippen LogP contribution in [0.2, 0.25) is 5.02 Å². The van der Waals surface area contributed by atoms with Crippen molar-refractivity contribution in [3.8, 4) is 0 Å². The van der Waals surface area contributed by atoms with Crippen LogP contribution in [0.25, 0.3) is 0 Å². The second-order valence-electron chi connectivity index (χ2n) is 6.08. The molecule has 5 heteroatoms. The molecule has 0 radical (unpaired) electrons. The minimum absolute atomic E-state index is 0.193. The Morgan fingerprint density at radius 3 is 2.57 bits per heavy atom. The Labute approximate surface area is 135 Å². The number of nitrogens with zero attached hydrogens (tertiary/aromatic N) is 1. The standard InChI is InChI=1S/C16H20ClNO2S/c1-11-9-18(15(19)20-16(2,3)4)10-14(11)21-13-7-5-12(17)6-8-13/h5-8,14H,1,9-10H2,2-4H3/t14-/m0/s1. The summed E-state index contributed by atoms with van der Waals surface area (Å²) in [6, 6.07) is 7.70. The summed E-state index contributed by atoms with van der Waals surface area (Å²) >= 11 is 7.59. The highest BCUT2D eigenvalue weighted by molar-refractivity contribution is 8.00. The minimum atomic E-state index is -0.472. The Bertz CT molecular complexity index is 536. The van der Waals surface area contributed by atoms with Crippen LogP contribution in [-0.4, -0.2) is 34.9 Å². The van der Waals surface area contributed by atoms with Crippen LogP contribution in [0.5, 0.6) is 0 Å². The molecular weight excluding hydrogens is 306 g/mol. The molecule has 0 aromatic heterocycles. The van der Waals surface area contributed by atoms with Crippen LogP contribution in [0, 0.1) is 0 Å². The summed E-state index contributed by atoms with van der Waals surface area (Å²) in [5.74, 6) is 0. The van der Waals surface area contributed by atoms with Crippen LogP contribution in [0.1, 0.15) is 20.8 Å². The van der Waals surface area contributed by atoms with E-state index in [2.05, 4.69) is 6.58 Å². The number of halogens is 1. The van der Waals surface area contributed by atoms with Crippen LogP contribution >= 0.6 is 23.4 Å². The van der Waals surface area contributed by atoms with Gasteiger partial charge in [0.05, 0.1) is 0 Å². The molecule has 1 saturated heterocycles. The molecule has 1 atom stereocenters. The predicted molar refractivity (Wildman–Crippen MR) is 88.0 cm³/mol. The van der Waals surface area contributed by atoms with E-state index in [0.29, 0.717) is 13.1 Å². The highest BCUT2D eigenvalue weighted by Gasteiger charge is 2.32. The SMILES string of the molecule is C=C1CN(C(=O)OC(C)(C)C)C[C@@H]1Sc1ccc(Cl)cc1. The summed E-state index contributed by atoms with van der Waals surface area (Å²) in [6.07, 6.45) is -0.275. The van der Waals surface area contributed by atoms with Crippen LogP contribution in [-0.2, 0) is 4.74 Å². The van der Waals surface area contributed by atoms with Gasteiger partial charge in [-0.2, -0.15) is 0 Å². The Hall–Kier alpha value is -1.13. The van der Waals surface area contributed by atoms with Crippen molar-refractivity contribution in [1.82, 2.24) is 4.90 Å². The Balaban J connectivity index is 1.96. The first-order valence-electron chi connectivity index (χ1n) is 6.82. The molecule has 1 amide bonds. The average molecular weight is 326 g/mol. The van der Waals surface area contributed by atoms with Gasteiger partial charge in [-0.1, -0.05) is 18.2 Å². The van der Waals surface area contributed by atoms with Crippen molar-refractivity contribution in [3.63, 3.8) is 0 Å². The van der Waals surface area contributed by atoms with Gasteiger partial charge in [-0.3, -0.25) is 0 Å². The van der Waals surface area contributed by atoms with Crippen molar-refractivity contribution in [2.45, 2.75) is 36.5 Å². The molecule has 0 unspecified atom stereocenters. The number of benzene rings is 1. The number of ether oxygens (including phenoxy) is 1. The van der Waals surface area contributed by atoms with Gasteiger partial charge in [0.25, 0.3) is 0 Å². The summed E-state index contributed by atoms with van der Waals surface area (Å²) in [6.45, 7) is 10.9. The zero-order valence-electron chi connectivity index (χ0n) is 12.6. The van der Waals surface area contributed by atoms with Gasteiger partial charge in [0.15, 0.2) is 0 Å². The number of hydrogen-bond donors (Lipinski definition) is 0. The Morgan fingerprint density at radius 2 is 2.00 bits per heavy atom. The molecule has 114 valence electrons. The van der Waals surface area contributed by atoms with E-state index in [1.807, 2.05) is 45.0 Å². The normalized spacial score (nSPS) is 19.0. The van der Waals surface area contributed by atoms with Crippen molar-refractivity contribution in [1.29, 1.82) is 0 Å². The lowest BCUT2D eigenvalue weighted by atomic mass is 10.2. The number of amides is 1.